The van der Waals surface area contributed by atoms with Gasteiger partial charge in [-0.1, -0.05) is 24.6 Å². The first-order valence-corrected chi connectivity index (χ1v) is 14.5. The van der Waals surface area contributed by atoms with Crippen LogP contribution in [0, 0.1) is 11.3 Å². The van der Waals surface area contributed by atoms with Gasteiger partial charge in [0.25, 0.3) is 15.9 Å². The predicted octanol–water partition coefficient (Wildman–Crippen LogP) is 4.56. The lowest BCUT2D eigenvalue weighted by Crippen LogP contribution is -2.46. The van der Waals surface area contributed by atoms with E-state index in [1.165, 1.54) is 18.2 Å². The number of carbonyl (C=O) groups is 1. The van der Waals surface area contributed by atoms with Crippen molar-refractivity contribution in [3.05, 3.63) is 54.1 Å². The molecule has 36 heavy (non-hydrogen) atoms. The Morgan fingerprint density at radius 1 is 1.17 bits per heavy atom. The molecule has 1 amide bonds. The van der Waals surface area contributed by atoms with Gasteiger partial charge in [0.2, 0.25) is 0 Å². The number of nitrogens with zero attached hydrogens (tertiary/aromatic N) is 2. The highest BCUT2D eigenvalue weighted by Gasteiger charge is 2.41. The molecule has 1 saturated carbocycles. The van der Waals surface area contributed by atoms with Crippen LogP contribution in [0.5, 0.6) is 0 Å². The molecule has 1 aliphatic rings. The van der Waals surface area contributed by atoms with Crippen molar-refractivity contribution >= 4 is 33.4 Å². The van der Waals surface area contributed by atoms with Crippen LogP contribution in [0.2, 0.25) is 0 Å². The van der Waals surface area contributed by atoms with Gasteiger partial charge in [-0.2, -0.15) is 5.26 Å². The monoisotopic (exact) mass is 532 g/mol. The summed E-state index contributed by atoms with van der Waals surface area (Å²) in [5.74, 6) is -0.387. The zero-order chi connectivity index (χ0) is 26.2. The largest absolute Gasteiger partial charge is 0.380 e. The van der Waals surface area contributed by atoms with E-state index in [1.54, 1.807) is 11.8 Å². The van der Waals surface area contributed by atoms with Crippen molar-refractivity contribution in [2.75, 3.05) is 31.7 Å². The molecule has 0 aromatic heterocycles. The summed E-state index contributed by atoms with van der Waals surface area (Å²) in [6, 6.07) is 16.1. The van der Waals surface area contributed by atoms with E-state index in [1.807, 2.05) is 55.2 Å². The van der Waals surface area contributed by atoms with Crippen molar-refractivity contribution in [2.24, 2.45) is 0 Å². The molecule has 3 rings (SSSR count). The van der Waals surface area contributed by atoms with Crippen LogP contribution in [0.4, 0.5) is 10.1 Å². The van der Waals surface area contributed by atoms with E-state index in [0.29, 0.717) is 18.5 Å². The van der Waals surface area contributed by atoms with E-state index in [4.69, 9.17) is 0 Å². The molecule has 1 aliphatic carbocycles. The van der Waals surface area contributed by atoms with Crippen LogP contribution in [0.15, 0.2) is 58.3 Å². The molecular weight excluding hydrogens is 499 g/mol. The summed E-state index contributed by atoms with van der Waals surface area (Å²) < 4.78 is 42.5. The van der Waals surface area contributed by atoms with E-state index in [0.717, 1.165) is 30.0 Å². The fourth-order valence-electron chi connectivity index (χ4n) is 4.07. The number of alkyl halides is 1. The van der Waals surface area contributed by atoms with Gasteiger partial charge < -0.3 is 10.2 Å². The van der Waals surface area contributed by atoms with E-state index in [9.17, 15) is 22.9 Å². The van der Waals surface area contributed by atoms with Crippen molar-refractivity contribution in [1.29, 1.82) is 5.26 Å². The van der Waals surface area contributed by atoms with Crippen molar-refractivity contribution in [2.45, 2.75) is 60.0 Å². The van der Waals surface area contributed by atoms with Gasteiger partial charge in [0.05, 0.1) is 16.1 Å². The maximum absolute atomic E-state index is 14.9. The Morgan fingerprint density at radius 3 is 2.50 bits per heavy atom. The molecule has 0 bridgehead atoms. The molecule has 1 atom stereocenters. The molecule has 0 heterocycles. The second-order valence-corrected chi connectivity index (χ2v) is 12.1. The number of anilines is 1. The maximum Gasteiger partial charge on any atom is 0.271 e. The molecule has 7 nitrogen and oxygen atoms in total. The Bertz CT molecular complexity index is 1180. The second kappa shape index (κ2) is 12.6. The Morgan fingerprint density at radius 2 is 1.86 bits per heavy atom. The minimum absolute atomic E-state index is 0.00991. The molecule has 2 N–H and O–H groups in total. The summed E-state index contributed by atoms with van der Waals surface area (Å²) in [7, 11) is -0.340. The molecule has 0 saturated heterocycles. The van der Waals surface area contributed by atoms with Crippen LogP contribution in [-0.2, 0) is 14.8 Å². The standard InChI is InChI=1S/C26H33FN4O3S2/c1-31(2)16-13-21(19-35-22-9-5-3-6-10-22)29-24-12-11-23(17-20(24)18-28)36(33,34)30-25(32)26(27)14-7-4-8-15-26/h3,5-6,9-12,17,21,29H,4,7-8,13-16,19H2,1-2H3,(H,30,32)/t21-/m1/s1. The molecule has 0 aliphatic heterocycles. The number of sulfonamides is 1. The summed E-state index contributed by atoms with van der Waals surface area (Å²) >= 11 is 1.70. The van der Waals surface area contributed by atoms with Crippen LogP contribution in [0.25, 0.3) is 0 Å². The number of hydrogen-bond donors (Lipinski definition) is 2. The third kappa shape index (κ3) is 7.69. The SMILES string of the molecule is CN(C)CC[C@H](CSc1ccccc1)Nc1ccc(S(=O)(=O)NC(=O)C2(F)CCCCC2)cc1C#N. The van der Waals surface area contributed by atoms with Gasteiger partial charge in [0.1, 0.15) is 6.07 Å². The molecule has 0 spiro atoms. The summed E-state index contributed by atoms with van der Waals surface area (Å²) in [5.41, 5.74) is -1.53. The van der Waals surface area contributed by atoms with E-state index < -0.39 is 21.6 Å². The highest BCUT2D eigenvalue weighted by molar-refractivity contribution is 7.99. The number of thioether (sulfide) groups is 1. The Labute approximate surface area is 217 Å². The topological polar surface area (TPSA) is 102 Å². The zero-order valence-electron chi connectivity index (χ0n) is 20.7. The summed E-state index contributed by atoms with van der Waals surface area (Å²) in [6.07, 6.45) is 2.74. The lowest BCUT2D eigenvalue weighted by molar-refractivity contribution is -0.133. The van der Waals surface area contributed by atoms with E-state index >= 15 is 0 Å². The van der Waals surface area contributed by atoms with Crippen LogP contribution >= 0.6 is 11.8 Å². The van der Waals surface area contributed by atoms with Gasteiger partial charge in [-0.25, -0.2) is 17.5 Å². The van der Waals surface area contributed by atoms with E-state index in [-0.39, 0.29) is 29.3 Å². The summed E-state index contributed by atoms with van der Waals surface area (Å²) in [5, 5.41) is 13.1. The predicted molar refractivity (Wildman–Crippen MR) is 141 cm³/mol. The van der Waals surface area contributed by atoms with Crippen LogP contribution in [-0.4, -0.2) is 57.3 Å². The maximum atomic E-state index is 14.9. The van der Waals surface area contributed by atoms with E-state index in [2.05, 4.69) is 10.2 Å². The average molecular weight is 533 g/mol. The molecular formula is C26H33FN4O3S2. The molecule has 10 heteroatoms. The Hall–Kier alpha value is -2.61. The van der Waals surface area contributed by atoms with Gasteiger partial charge in [-0.3, -0.25) is 4.79 Å². The Balaban J connectivity index is 1.75. The number of nitriles is 1. The normalized spacial score (nSPS) is 16.2. The van der Waals surface area contributed by atoms with Crippen LogP contribution < -0.4 is 10.0 Å². The quantitative estimate of drug-likeness (QED) is 0.409. The summed E-state index contributed by atoms with van der Waals surface area (Å²) in [4.78, 5) is 15.4. The lowest BCUT2D eigenvalue weighted by Gasteiger charge is -2.27. The van der Waals surface area contributed by atoms with Gasteiger partial charge in [-0.15, -0.1) is 11.8 Å². The highest BCUT2D eigenvalue weighted by atomic mass is 32.2. The Kier molecular flexibility index (Phi) is 9.77. The number of carbonyl (C=O) groups excluding carboxylic acids is 1. The minimum atomic E-state index is -4.32. The highest BCUT2D eigenvalue weighted by Crippen LogP contribution is 2.32. The van der Waals surface area contributed by atoms with Gasteiger partial charge in [0.15, 0.2) is 5.67 Å². The molecule has 2 aromatic rings. The molecule has 194 valence electrons. The number of halogens is 1. The first-order chi connectivity index (χ1) is 17.1. The number of benzene rings is 2. The van der Waals surface area contributed by atoms with Gasteiger partial charge in [0, 0.05) is 16.7 Å². The number of amides is 1. The molecule has 1 fully saturated rings. The number of hydrogen-bond acceptors (Lipinski definition) is 7. The third-order valence-electron chi connectivity index (χ3n) is 6.18. The fraction of sp³-hybridized carbons (Fsp3) is 0.462. The van der Waals surface area contributed by atoms with Crippen molar-refractivity contribution in [3.8, 4) is 6.07 Å². The fourth-order valence-corrected chi connectivity index (χ4v) is 6.12. The first kappa shape index (κ1) is 28.0. The third-order valence-corrected chi connectivity index (χ3v) is 8.68. The zero-order valence-corrected chi connectivity index (χ0v) is 22.3. The average Bonchev–Trinajstić information content (AvgIpc) is 2.86. The number of rotatable bonds is 11. The van der Waals surface area contributed by atoms with Crippen molar-refractivity contribution in [3.63, 3.8) is 0 Å². The molecule has 0 unspecified atom stereocenters. The van der Waals surface area contributed by atoms with Gasteiger partial charge >= 0.3 is 0 Å². The lowest BCUT2D eigenvalue weighted by atomic mass is 9.86. The summed E-state index contributed by atoms with van der Waals surface area (Å²) in [6.45, 7) is 0.832. The van der Waals surface area contributed by atoms with Crippen LogP contribution in [0.3, 0.4) is 0 Å². The smallest absolute Gasteiger partial charge is 0.271 e. The second-order valence-electron chi connectivity index (χ2n) is 9.34. The van der Waals surface area contributed by atoms with Gasteiger partial charge in [-0.05, 0) is 83.1 Å². The first-order valence-electron chi connectivity index (χ1n) is 12.0. The van der Waals surface area contributed by atoms with Crippen LogP contribution in [0.1, 0.15) is 44.1 Å². The minimum Gasteiger partial charge on any atom is -0.380 e. The van der Waals surface area contributed by atoms with Crippen molar-refractivity contribution in [1.82, 2.24) is 9.62 Å². The van der Waals surface area contributed by atoms with Crippen molar-refractivity contribution < 1.29 is 17.6 Å². The molecule has 0 radical (unpaired) electrons. The number of nitrogens with one attached hydrogen (secondary N) is 2. The molecule has 2 aromatic carbocycles.